The molecule has 0 saturated carbocycles. The van der Waals surface area contributed by atoms with E-state index in [1.165, 1.54) is 30.6 Å². The molecule has 146 valence electrons. The molecule has 1 heterocycles. The molecule has 0 spiro atoms. The van der Waals surface area contributed by atoms with Crippen molar-refractivity contribution in [1.29, 1.82) is 0 Å². The molecule has 0 bridgehead atoms. The van der Waals surface area contributed by atoms with Crippen molar-refractivity contribution in [2.24, 2.45) is 5.10 Å². The Morgan fingerprint density at radius 1 is 1.21 bits per heavy atom. The third-order valence-corrected chi connectivity index (χ3v) is 4.10. The molecule has 9 heteroatoms. The van der Waals surface area contributed by atoms with E-state index >= 15 is 0 Å². The molecule has 0 aliphatic heterocycles. The lowest BCUT2D eigenvalue weighted by Crippen LogP contribution is -2.18. The second kappa shape index (κ2) is 9.43. The zero-order valence-electron chi connectivity index (χ0n) is 15.0. The number of nitro groups is 1. The van der Waals surface area contributed by atoms with Crippen molar-refractivity contribution in [2.45, 2.75) is 6.61 Å². The Morgan fingerprint density at radius 2 is 2.00 bits per heavy atom. The summed E-state index contributed by atoms with van der Waals surface area (Å²) in [6, 6.07) is 16.8. The number of nitrogens with zero attached hydrogens (tertiary/aromatic N) is 3. The molecule has 0 aliphatic rings. The molecule has 0 unspecified atom stereocenters. The molecule has 1 amide bonds. The minimum absolute atomic E-state index is 0.0516. The quantitative estimate of drug-likeness (QED) is 0.274. The predicted octanol–water partition coefficient (Wildman–Crippen LogP) is 3.99. The normalized spacial score (nSPS) is 10.7. The average Bonchev–Trinajstić information content (AvgIpc) is 2.73. The van der Waals surface area contributed by atoms with Crippen molar-refractivity contribution >= 4 is 29.4 Å². The number of rotatable bonds is 7. The third kappa shape index (κ3) is 5.36. The fourth-order valence-corrected chi connectivity index (χ4v) is 2.60. The molecule has 1 N–H and O–H groups in total. The van der Waals surface area contributed by atoms with Crippen molar-refractivity contribution < 1.29 is 14.5 Å². The van der Waals surface area contributed by atoms with E-state index in [9.17, 15) is 14.9 Å². The Labute approximate surface area is 171 Å². The van der Waals surface area contributed by atoms with Crippen LogP contribution in [0.3, 0.4) is 0 Å². The first-order valence-electron chi connectivity index (χ1n) is 8.43. The topological polar surface area (TPSA) is 107 Å². The van der Waals surface area contributed by atoms with Gasteiger partial charge in [-0.2, -0.15) is 5.10 Å². The molecule has 1 aromatic heterocycles. The van der Waals surface area contributed by atoms with Crippen LogP contribution >= 0.6 is 11.6 Å². The number of aromatic nitrogens is 1. The average molecular weight is 411 g/mol. The lowest BCUT2D eigenvalue weighted by Gasteiger charge is -2.07. The molecule has 0 saturated heterocycles. The first-order valence-corrected chi connectivity index (χ1v) is 8.81. The molecule has 0 aliphatic carbocycles. The van der Waals surface area contributed by atoms with Gasteiger partial charge in [0, 0.05) is 17.8 Å². The van der Waals surface area contributed by atoms with Crippen LogP contribution in [0.5, 0.6) is 5.75 Å². The molecule has 8 nitrogen and oxygen atoms in total. The van der Waals surface area contributed by atoms with Gasteiger partial charge < -0.3 is 4.74 Å². The molecule has 3 aromatic rings. The molecule has 0 fully saturated rings. The highest BCUT2D eigenvalue weighted by Gasteiger charge is 2.16. The van der Waals surface area contributed by atoms with Crippen molar-refractivity contribution in [3.8, 4) is 5.75 Å². The van der Waals surface area contributed by atoms with Gasteiger partial charge in [0.15, 0.2) is 5.75 Å². The molecular weight excluding hydrogens is 396 g/mol. The van der Waals surface area contributed by atoms with Gasteiger partial charge in [0.2, 0.25) is 0 Å². The van der Waals surface area contributed by atoms with Crippen LogP contribution < -0.4 is 10.2 Å². The number of halogens is 1. The van der Waals surface area contributed by atoms with Crippen LogP contribution in [-0.2, 0) is 6.61 Å². The van der Waals surface area contributed by atoms with Crippen molar-refractivity contribution in [3.63, 3.8) is 0 Å². The Kier molecular flexibility index (Phi) is 6.49. The van der Waals surface area contributed by atoms with Crippen LogP contribution in [0.4, 0.5) is 5.69 Å². The SMILES string of the molecule is O=C(NN=Cc1ccc(OCc2ccccc2)c([N+](=O)[O-])c1)c1cccnc1Cl. The highest BCUT2D eigenvalue weighted by Crippen LogP contribution is 2.28. The van der Waals surface area contributed by atoms with Gasteiger partial charge in [-0.15, -0.1) is 0 Å². The minimum atomic E-state index is -0.545. The monoisotopic (exact) mass is 410 g/mol. The molecule has 3 rings (SSSR count). The van der Waals surface area contributed by atoms with Crippen LogP contribution in [0.25, 0.3) is 0 Å². The second-order valence-corrected chi connectivity index (χ2v) is 6.16. The fraction of sp³-hybridized carbons (Fsp3) is 0.0500. The number of benzene rings is 2. The number of hydrogen-bond donors (Lipinski definition) is 1. The molecule has 0 atom stereocenters. The van der Waals surface area contributed by atoms with Crippen LogP contribution in [0.2, 0.25) is 5.15 Å². The number of ether oxygens (including phenoxy) is 1. The summed E-state index contributed by atoms with van der Waals surface area (Å²) in [5.41, 5.74) is 3.58. The first-order chi connectivity index (χ1) is 14.0. The van der Waals surface area contributed by atoms with Crippen molar-refractivity contribution in [1.82, 2.24) is 10.4 Å². The summed E-state index contributed by atoms with van der Waals surface area (Å²) < 4.78 is 5.58. The van der Waals surface area contributed by atoms with E-state index in [1.807, 2.05) is 30.3 Å². The zero-order valence-corrected chi connectivity index (χ0v) is 15.7. The number of nitro benzene ring substituents is 1. The summed E-state index contributed by atoms with van der Waals surface area (Å²) in [6.07, 6.45) is 2.75. The summed E-state index contributed by atoms with van der Waals surface area (Å²) in [5.74, 6) is -0.404. The summed E-state index contributed by atoms with van der Waals surface area (Å²) in [7, 11) is 0. The van der Waals surface area contributed by atoms with Gasteiger partial charge in [-0.05, 0) is 29.8 Å². The lowest BCUT2D eigenvalue weighted by atomic mass is 10.2. The van der Waals surface area contributed by atoms with Gasteiger partial charge in [-0.1, -0.05) is 41.9 Å². The van der Waals surface area contributed by atoms with Crippen LogP contribution in [0.15, 0.2) is 72.0 Å². The second-order valence-electron chi connectivity index (χ2n) is 5.80. The van der Waals surface area contributed by atoms with E-state index in [-0.39, 0.29) is 28.8 Å². The molecule has 29 heavy (non-hydrogen) atoms. The van der Waals surface area contributed by atoms with Gasteiger partial charge >= 0.3 is 5.69 Å². The largest absolute Gasteiger partial charge is 0.482 e. The number of carbonyl (C=O) groups is 1. The van der Waals surface area contributed by atoms with Gasteiger partial charge in [-0.3, -0.25) is 14.9 Å². The van der Waals surface area contributed by atoms with Crippen LogP contribution in [0, 0.1) is 10.1 Å². The molecule has 2 aromatic carbocycles. The van der Waals surface area contributed by atoms with Gasteiger partial charge in [0.25, 0.3) is 5.91 Å². The summed E-state index contributed by atoms with van der Waals surface area (Å²) in [6.45, 7) is 0.205. The molecule has 0 radical (unpaired) electrons. The summed E-state index contributed by atoms with van der Waals surface area (Å²) in [5, 5.41) is 15.2. The number of hydrazone groups is 1. The number of hydrogen-bond acceptors (Lipinski definition) is 6. The van der Waals surface area contributed by atoms with Crippen molar-refractivity contribution in [3.05, 3.63) is 98.8 Å². The third-order valence-electron chi connectivity index (χ3n) is 3.80. The Hall–Kier alpha value is -3.78. The maximum atomic E-state index is 12.0. The van der Waals surface area contributed by atoms with Crippen LogP contribution in [-0.4, -0.2) is 22.0 Å². The van der Waals surface area contributed by atoms with E-state index in [0.717, 1.165) is 5.56 Å². The lowest BCUT2D eigenvalue weighted by molar-refractivity contribution is -0.385. The fourth-order valence-electron chi connectivity index (χ4n) is 2.40. The van der Waals surface area contributed by atoms with Gasteiger partial charge in [-0.25, -0.2) is 10.4 Å². The Morgan fingerprint density at radius 3 is 2.72 bits per heavy atom. The highest BCUT2D eigenvalue weighted by atomic mass is 35.5. The maximum absolute atomic E-state index is 12.0. The number of carbonyl (C=O) groups excluding carboxylic acids is 1. The summed E-state index contributed by atoms with van der Waals surface area (Å²) >= 11 is 5.85. The zero-order chi connectivity index (χ0) is 20.6. The van der Waals surface area contributed by atoms with E-state index < -0.39 is 10.8 Å². The highest BCUT2D eigenvalue weighted by molar-refractivity contribution is 6.32. The van der Waals surface area contributed by atoms with Crippen molar-refractivity contribution in [2.75, 3.05) is 0 Å². The smallest absolute Gasteiger partial charge is 0.311 e. The maximum Gasteiger partial charge on any atom is 0.311 e. The standard InChI is InChI=1S/C20H15ClN4O4/c21-19-16(7-4-10-22-19)20(26)24-23-12-15-8-9-18(17(11-15)25(27)28)29-13-14-5-2-1-3-6-14/h1-12H,13H2,(H,24,26). The van der Waals surface area contributed by atoms with Gasteiger partial charge in [0.05, 0.1) is 16.7 Å². The molecular formula is C20H15ClN4O4. The predicted molar refractivity (Wildman–Crippen MR) is 108 cm³/mol. The minimum Gasteiger partial charge on any atom is -0.482 e. The first kappa shape index (κ1) is 20.0. The summed E-state index contributed by atoms with van der Waals surface area (Å²) in [4.78, 5) is 26.7. The van der Waals surface area contributed by atoms with E-state index in [2.05, 4.69) is 15.5 Å². The Bertz CT molecular complexity index is 1060. The van der Waals surface area contributed by atoms with Crippen LogP contribution in [0.1, 0.15) is 21.5 Å². The number of pyridine rings is 1. The van der Waals surface area contributed by atoms with E-state index in [1.54, 1.807) is 12.1 Å². The van der Waals surface area contributed by atoms with E-state index in [0.29, 0.717) is 5.56 Å². The number of nitrogens with one attached hydrogen (secondary N) is 1. The Balaban J connectivity index is 1.69. The number of amides is 1. The van der Waals surface area contributed by atoms with E-state index in [4.69, 9.17) is 16.3 Å². The van der Waals surface area contributed by atoms with Gasteiger partial charge in [0.1, 0.15) is 11.8 Å².